The summed E-state index contributed by atoms with van der Waals surface area (Å²) in [7, 11) is 0. The molecule has 0 aliphatic heterocycles. The van der Waals surface area contributed by atoms with Crippen molar-refractivity contribution in [2.75, 3.05) is 4.90 Å². The first kappa shape index (κ1) is 34.6. The van der Waals surface area contributed by atoms with Crippen molar-refractivity contribution in [3.63, 3.8) is 0 Å². The zero-order chi connectivity index (χ0) is 39.5. The van der Waals surface area contributed by atoms with Gasteiger partial charge in [0, 0.05) is 44.0 Å². The summed E-state index contributed by atoms with van der Waals surface area (Å²) in [4.78, 5) is 2.45. The Bertz CT molecular complexity index is 3260. The maximum Gasteiger partial charge on any atom is 0.143 e. The Hall–Kier alpha value is -7.62. The Balaban J connectivity index is 1.19. The van der Waals surface area contributed by atoms with Gasteiger partial charge >= 0.3 is 0 Å². The Morgan fingerprint density at radius 3 is 1.58 bits per heavy atom. The van der Waals surface area contributed by atoms with E-state index in [1.54, 1.807) is 0 Å². The van der Waals surface area contributed by atoms with Crippen molar-refractivity contribution in [3.8, 4) is 39.1 Å². The molecule has 11 aromatic rings. The van der Waals surface area contributed by atoms with Crippen molar-refractivity contribution >= 4 is 60.8 Å². The van der Waals surface area contributed by atoms with Gasteiger partial charge < -0.3 is 13.9 Å². The number of aryl methyl sites for hydroxylation is 2. The zero-order valence-electron chi connectivity index (χ0n) is 32.9. The monoisotopic (exact) mass is 756 g/mol. The minimum Gasteiger partial charge on any atom is -0.455 e. The number of nitrogens with zero attached hydrogens (tertiary/aromatic N) is 2. The van der Waals surface area contributed by atoms with Gasteiger partial charge in [0.15, 0.2) is 0 Å². The maximum absolute atomic E-state index is 6.88. The van der Waals surface area contributed by atoms with Crippen LogP contribution in [0.3, 0.4) is 0 Å². The minimum atomic E-state index is 0.869. The van der Waals surface area contributed by atoms with Gasteiger partial charge in [-0.2, -0.15) is 0 Å². The van der Waals surface area contributed by atoms with Gasteiger partial charge in [-0.3, -0.25) is 0 Å². The van der Waals surface area contributed by atoms with Gasteiger partial charge in [-0.15, -0.1) is 0 Å². The Kier molecular flexibility index (Phi) is 8.27. The molecule has 0 radical (unpaired) electrons. The lowest BCUT2D eigenvalue weighted by atomic mass is 9.95. The summed E-state index contributed by atoms with van der Waals surface area (Å²) in [5.74, 6) is 0. The van der Waals surface area contributed by atoms with E-state index in [0.717, 1.165) is 55.8 Å². The fourth-order valence-corrected chi connectivity index (χ4v) is 9.17. The van der Waals surface area contributed by atoms with Gasteiger partial charge in [0.1, 0.15) is 11.2 Å². The molecule has 0 unspecified atom stereocenters. The van der Waals surface area contributed by atoms with Crippen LogP contribution in [0, 0.1) is 13.8 Å². The summed E-state index contributed by atoms with van der Waals surface area (Å²) in [5.41, 5.74) is 17.8. The molecule has 0 saturated heterocycles. The van der Waals surface area contributed by atoms with Crippen molar-refractivity contribution < 1.29 is 4.42 Å². The number of benzene rings is 9. The van der Waals surface area contributed by atoms with Crippen LogP contribution >= 0.6 is 0 Å². The predicted molar refractivity (Wildman–Crippen MR) is 249 cm³/mol. The van der Waals surface area contributed by atoms with E-state index in [0.29, 0.717) is 0 Å². The molecule has 2 aromatic heterocycles. The van der Waals surface area contributed by atoms with Crippen LogP contribution in [0.4, 0.5) is 17.1 Å². The van der Waals surface area contributed by atoms with Crippen molar-refractivity contribution in [2.24, 2.45) is 0 Å². The number of anilines is 3. The van der Waals surface area contributed by atoms with Crippen molar-refractivity contribution in [1.82, 2.24) is 4.57 Å². The lowest BCUT2D eigenvalue weighted by molar-refractivity contribution is 0.670. The van der Waals surface area contributed by atoms with Crippen LogP contribution in [-0.2, 0) is 0 Å². The highest BCUT2D eigenvalue weighted by Crippen LogP contribution is 2.47. The van der Waals surface area contributed by atoms with Gasteiger partial charge in [-0.25, -0.2) is 0 Å². The molecule has 0 aliphatic rings. The zero-order valence-corrected chi connectivity index (χ0v) is 32.9. The SMILES string of the molecule is Cc1cc(-c2ccccc2)cc(C)c1N(c1ccc(-c2ccccc2)cc1)c1cc(-c2ccccc2-n2c3ccccc3c3ccccc32)c2oc3ccccc3c2c1. The number of rotatable bonds is 7. The molecule has 0 fully saturated rings. The Morgan fingerprint density at radius 2 is 0.915 bits per heavy atom. The Labute approximate surface area is 343 Å². The number of hydrogen-bond acceptors (Lipinski definition) is 2. The maximum atomic E-state index is 6.88. The van der Waals surface area contributed by atoms with Crippen molar-refractivity contribution in [2.45, 2.75) is 13.8 Å². The molecule has 3 heteroatoms. The standard InChI is InChI=1S/C56H40N2O/c1-37-33-42(40-19-7-4-8-20-40)34-38(2)55(37)57(43-31-29-41(30-32-43)39-17-5-3-6-18-39)44-35-49(56-50(36-44)48-24-12-16-28-54(48)59-56)47-23-11-15-27-53(47)58-51-25-13-9-21-45(51)46-22-10-14-26-52(46)58/h3-36H,1-2H3. The summed E-state index contributed by atoms with van der Waals surface area (Å²) in [6, 6.07) is 74.2. The van der Waals surface area contributed by atoms with E-state index in [2.05, 4.69) is 230 Å². The van der Waals surface area contributed by atoms with Crippen LogP contribution < -0.4 is 4.90 Å². The van der Waals surface area contributed by atoms with Crippen LogP contribution in [0.1, 0.15) is 11.1 Å². The first-order valence-corrected chi connectivity index (χ1v) is 20.3. The highest BCUT2D eigenvalue weighted by Gasteiger charge is 2.24. The first-order chi connectivity index (χ1) is 29.1. The molecule has 0 aliphatic carbocycles. The summed E-state index contributed by atoms with van der Waals surface area (Å²) in [6.07, 6.45) is 0. The van der Waals surface area contributed by atoms with E-state index in [1.165, 1.54) is 55.2 Å². The fraction of sp³-hybridized carbons (Fsp3) is 0.0357. The second-order valence-corrected chi connectivity index (χ2v) is 15.4. The summed E-state index contributed by atoms with van der Waals surface area (Å²) in [6.45, 7) is 4.48. The van der Waals surface area contributed by atoms with E-state index in [4.69, 9.17) is 4.42 Å². The number of fused-ring (bicyclic) bond motifs is 6. The van der Waals surface area contributed by atoms with E-state index in [9.17, 15) is 0 Å². The Morgan fingerprint density at radius 1 is 0.390 bits per heavy atom. The van der Waals surface area contributed by atoms with Crippen molar-refractivity contribution in [3.05, 3.63) is 217 Å². The fourth-order valence-electron chi connectivity index (χ4n) is 9.17. The molecule has 280 valence electrons. The highest BCUT2D eigenvalue weighted by atomic mass is 16.3. The molecule has 0 atom stereocenters. The molecule has 0 N–H and O–H groups in total. The van der Waals surface area contributed by atoms with Gasteiger partial charge in [-0.1, -0.05) is 146 Å². The largest absolute Gasteiger partial charge is 0.455 e. The van der Waals surface area contributed by atoms with E-state index in [1.807, 2.05) is 0 Å². The van der Waals surface area contributed by atoms with E-state index in [-0.39, 0.29) is 0 Å². The van der Waals surface area contributed by atoms with Crippen LogP contribution in [-0.4, -0.2) is 4.57 Å². The number of furan rings is 1. The summed E-state index contributed by atoms with van der Waals surface area (Å²) < 4.78 is 9.30. The molecule has 59 heavy (non-hydrogen) atoms. The highest BCUT2D eigenvalue weighted by molar-refractivity contribution is 6.14. The number of para-hydroxylation sites is 4. The van der Waals surface area contributed by atoms with Crippen LogP contribution in [0.5, 0.6) is 0 Å². The molecule has 0 spiro atoms. The lowest BCUT2D eigenvalue weighted by Crippen LogP contribution is -2.13. The number of aromatic nitrogens is 1. The van der Waals surface area contributed by atoms with E-state index >= 15 is 0 Å². The predicted octanol–water partition coefficient (Wildman–Crippen LogP) is 15.8. The molecule has 0 amide bonds. The molecule has 9 aromatic carbocycles. The second-order valence-electron chi connectivity index (χ2n) is 15.4. The third-order valence-electron chi connectivity index (χ3n) is 11.8. The minimum absolute atomic E-state index is 0.869. The molecule has 11 rings (SSSR count). The van der Waals surface area contributed by atoms with Crippen LogP contribution in [0.15, 0.2) is 211 Å². The summed E-state index contributed by atoms with van der Waals surface area (Å²) >= 11 is 0. The molecule has 3 nitrogen and oxygen atoms in total. The molecular formula is C56H40N2O. The van der Waals surface area contributed by atoms with Gasteiger partial charge in [0.2, 0.25) is 0 Å². The second kappa shape index (κ2) is 14.1. The summed E-state index contributed by atoms with van der Waals surface area (Å²) in [5, 5.41) is 4.63. The smallest absolute Gasteiger partial charge is 0.143 e. The first-order valence-electron chi connectivity index (χ1n) is 20.3. The lowest BCUT2D eigenvalue weighted by Gasteiger charge is -2.30. The van der Waals surface area contributed by atoms with Gasteiger partial charge in [-0.05, 0) is 108 Å². The van der Waals surface area contributed by atoms with E-state index < -0.39 is 0 Å². The van der Waals surface area contributed by atoms with Crippen LogP contribution in [0.25, 0.3) is 82.8 Å². The number of hydrogen-bond donors (Lipinski definition) is 0. The van der Waals surface area contributed by atoms with Crippen molar-refractivity contribution in [1.29, 1.82) is 0 Å². The topological polar surface area (TPSA) is 21.3 Å². The third-order valence-corrected chi connectivity index (χ3v) is 11.8. The van der Waals surface area contributed by atoms with Gasteiger partial charge in [0.25, 0.3) is 0 Å². The molecule has 0 bridgehead atoms. The van der Waals surface area contributed by atoms with Gasteiger partial charge in [0.05, 0.1) is 22.4 Å². The normalized spacial score (nSPS) is 11.6. The average Bonchev–Trinajstić information content (AvgIpc) is 3.84. The van der Waals surface area contributed by atoms with Crippen LogP contribution in [0.2, 0.25) is 0 Å². The average molecular weight is 757 g/mol. The quantitative estimate of drug-likeness (QED) is 0.161. The molecule has 2 heterocycles. The molecule has 0 saturated carbocycles. The molecular weight excluding hydrogens is 717 g/mol. The third kappa shape index (κ3) is 5.82.